The third-order valence-electron chi connectivity index (χ3n) is 5.01. The second kappa shape index (κ2) is 8.61. The van der Waals surface area contributed by atoms with E-state index < -0.39 is 29.7 Å². The van der Waals surface area contributed by atoms with Gasteiger partial charge in [0.1, 0.15) is 11.6 Å². The van der Waals surface area contributed by atoms with Gasteiger partial charge in [0, 0.05) is 10.6 Å². The summed E-state index contributed by atoms with van der Waals surface area (Å²) in [6.07, 6.45) is 2.59. The van der Waals surface area contributed by atoms with Gasteiger partial charge in [-0.1, -0.05) is 42.6 Å². The number of hydrogen-bond donors (Lipinski definition) is 1. The molecule has 148 valence electrons. The topological polar surface area (TPSA) is 64.6 Å². The number of nitrogens with one attached hydrogen (secondary N) is 1. The maximum Gasteiger partial charge on any atom is 0.317 e. The summed E-state index contributed by atoms with van der Waals surface area (Å²) in [5, 5.41) is 3.04. The number of ether oxygens (including phenoxy) is 2. The van der Waals surface area contributed by atoms with Gasteiger partial charge in [-0.15, -0.1) is 0 Å². The molecule has 0 radical (unpaired) electrons. The Morgan fingerprint density at radius 1 is 1.18 bits per heavy atom. The summed E-state index contributed by atoms with van der Waals surface area (Å²) in [6, 6.07) is 11.0. The second-order valence-corrected chi connectivity index (χ2v) is 7.17. The van der Waals surface area contributed by atoms with E-state index in [1.54, 1.807) is 30.3 Å². The molecule has 0 atom stereocenters. The zero-order valence-corrected chi connectivity index (χ0v) is 16.2. The first-order valence-electron chi connectivity index (χ1n) is 9.02. The van der Waals surface area contributed by atoms with Gasteiger partial charge in [-0.05, 0) is 37.1 Å². The van der Waals surface area contributed by atoms with Gasteiger partial charge in [0.05, 0.1) is 18.2 Å². The fourth-order valence-electron chi connectivity index (χ4n) is 3.64. The van der Waals surface area contributed by atoms with Crippen LogP contribution in [0.1, 0.15) is 31.2 Å². The molecule has 0 bridgehead atoms. The van der Waals surface area contributed by atoms with E-state index >= 15 is 0 Å². The van der Waals surface area contributed by atoms with Crippen LogP contribution in [0, 0.1) is 5.82 Å². The summed E-state index contributed by atoms with van der Waals surface area (Å²) in [7, 11) is 1.47. The van der Waals surface area contributed by atoms with Crippen molar-refractivity contribution >= 4 is 29.2 Å². The van der Waals surface area contributed by atoms with Gasteiger partial charge in [0.15, 0.2) is 6.61 Å². The minimum absolute atomic E-state index is 0.328. The number of rotatable bonds is 6. The van der Waals surface area contributed by atoms with Gasteiger partial charge in [0.2, 0.25) is 0 Å². The molecule has 1 aliphatic rings. The Labute approximate surface area is 167 Å². The van der Waals surface area contributed by atoms with Crippen LogP contribution >= 0.6 is 11.6 Å². The molecule has 1 N–H and O–H groups in total. The minimum atomic E-state index is -1.04. The molecule has 7 heteroatoms. The maximum absolute atomic E-state index is 14.3. The van der Waals surface area contributed by atoms with E-state index in [2.05, 4.69) is 5.32 Å². The number of halogens is 2. The normalized spacial score (nSPS) is 15.1. The van der Waals surface area contributed by atoms with Crippen LogP contribution in [0.3, 0.4) is 0 Å². The summed E-state index contributed by atoms with van der Waals surface area (Å²) in [5.74, 6) is -1.11. The van der Waals surface area contributed by atoms with Gasteiger partial charge in [-0.25, -0.2) is 4.39 Å². The number of methoxy groups -OCH3 is 1. The van der Waals surface area contributed by atoms with Crippen LogP contribution in [-0.4, -0.2) is 25.6 Å². The minimum Gasteiger partial charge on any atom is -0.495 e. The van der Waals surface area contributed by atoms with Crippen molar-refractivity contribution in [2.24, 2.45) is 0 Å². The fraction of sp³-hybridized carbons (Fsp3) is 0.333. The number of carbonyl (C=O) groups is 2. The lowest BCUT2D eigenvalue weighted by Gasteiger charge is -2.27. The van der Waals surface area contributed by atoms with Gasteiger partial charge in [-0.3, -0.25) is 9.59 Å². The summed E-state index contributed by atoms with van der Waals surface area (Å²) >= 11 is 5.94. The molecule has 2 aromatic carbocycles. The van der Waals surface area contributed by atoms with Crippen LogP contribution < -0.4 is 10.1 Å². The lowest BCUT2D eigenvalue weighted by Crippen LogP contribution is -2.37. The van der Waals surface area contributed by atoms with Gasteiger partial charge in [0.25, 0.3) is 5.91 Å². The average molecular weight is 406 g/mol. The van der Waals surface area contributed by atoms with Gasteiger partial charge < -0.3 is 14.8 Å². The Hall–Kier alpha value is -2.60. The summed E-state index contributed by atoms with van der Waals surface area (Å²) in [4.78, 5) is 25.1. The van der Waals surface area contributed by atoms with E-state index in [0.717, 1.165) is 12.8 Å². The molecule has 0 unspecified atom stereocenters. The molecular formula is C21H21ClFNO4. The van der Waals surface area contributed by atoms with Crippen LogP contribution in [0.4, 0.5) is 10.1 Å². The van der Waals surface area contributed by atoms with Crippen molar-refractivity contribution in [3.05, 3.63) is 58.9 Å². The average Bonchev–Trinajstić information content (AvgIpc) is 3.17. The molecule has 0 aromatic heterocycles. The monoisotopic (exact) mass is 405 g/mol. The zero-order valence-electron chi connectivity index (χ0n) is 15.5. The smallest absolute Gasteiger partial charge is 0.317 e. The first-order valence-corrected chi connectivity index (χ1v) is 9.40. The van der Waals surface area contributed by atoms with Crippen molar-refractivity contribution in [3.63, 3.8) is 0 Å². The Kier molecular flexibility index (Phi) is 6.19. The van der Waals surface area contributed by atoms with Crippen molar-refractivity contribution in [2.75, 3.05) is 19.0 Å². The highest BCUT2D eigenvalue weighted by Gasteiger charge is 2.45. The molecule has 1 fully saturated rings. The fourth-order valence-corrected chi connectivity index (χ4v) is 3.82. The third-order valence-corrected chi connectivity index (χ3v) is 5.24. The molecule has 0 spiro atoms. The number of hydrogen-bond acceptors (Lipinski definition) is 4. The van der Waals surface area contributed by atoms with Crippen molar-refractivity contribution in [1.29, 1.82) is 0 Å². The largest absolute Gasteiger partial charge is 0.495 e. The Morgan fingerprint density at radius 2 is 1.89 bits per heavy atom. The molecule has 0 aliphatic heterocycles. The standard InChI is InChI=1S/C21H21ClFNO4/c1-27-18-9-8-14(22)12-17(18)24-19(25)13-28-20(26)21(10-4-5-11-21)15-6-2-3-7-16(15)23/h2-3,6-9,12H,4-5,10-11,13H2,1H3,(H,24,25). The predicted octanol–water partition coefficient (Wildman–Crippen LogP) is 4.48. The Morgan fingerprint density at radius 3 is 2.57 bits per heavy atom. The predicted molar refractivity (Wildman–Crippen MR) is 104 cm³/mol. The van der Waals surface area contributed by atoms with Crippen LogP contribution in [0.2, 0.25) is 5.02 Å². The van der Waals surface area contributed by atoms with Crippen LogP contribution in [0.25, 0.3) is 0 Å². The quantitative estimate of drug-likeness (QED) is 0.719. The molecule has 2 aromatic rings. The third kappa shape index (κ3) is 4.12. The maximum atomic E-state index is 14.3. The summed E-state index contributed by atoms with van der Waals surface area (Å²) < 4.78 is 24.8. The SMILES string of the molecule is COc1ccc(Cl)cc1NC(=O)COC(=O)C1(c2ccccc2F)CCCC1. The van der Waals surface area contributed by atoms with E-state index in [1.807, 2.05) is 0 Å². The van der Waals surface area contributed by atoms with Crippen molar-refractivity contribution in [3.8, 4) is 5.75 Å². The molecule has 0 saturated heterocycles. The molecule has 1 aliphatic carbocycles. The molecule has 0 heterocycles. The number of benzene rings is 2. The van der Waals surface area contributed by atoms with Crippen LogP contribution in [0.5, 0.6) is 5.75 Å². The van der Waals surface area contributed by atoms with E-state index in [0.29, 0.717) is 34.9 Å². The van der Waals surface area contributed by atoms with Crippen LogP contribution in [0.15, 0.2) is 42.5 Å². The molecule has 5 nitrogen and oxygen atoms in total. The second-order valence-electron chi connectivity index (χ2n) is 6.74. The molecule has 28 heavy (non-hydrogen) atoms. The van der Waals surface area contributed by atoms with Gasteiger partial charge in [-0.2, -0.15) is 0 Å². The number of anilines is 1. The van der Waals surface area contributed by atoms with E-state index in [1.165, 1.54) is 19.2 Å². The first-order chi connectivity index (χ1) is 13.5. The number of carbonyl (C=O) groups excluding carboxylic acids is 2. The lowest BCUT2D eigenvalue weighted by molar-refractivity contribution is -0.153. The van der Waals surface area contributed by atoms with E-state index in [4.69, 9.17) is 21.1 Å². The summed E-state index contributed by atoms with van der Waals surface area (Å²) in [6.45, 7) is -0.481. The molecule has 3 rings (SSSR count). The highest BCUT2D eigenvalue weighted by molar-refractivity contribution is 6.31. The Balaban J connectivity index is 1.70. The van der Waals surface area contributed by atoms with Crippen molar-refractivity contribution in [2.45, 2.75) is 31.1 Å². The van der Waals surface area contributed by atoms with Crippen molar-refractivity contribution in [1.82, 2.24) is 0 Å². The lowest BCUT2D eigenvalue weighted by atomic mass is 9.78. The van der Waals surface area contributed by atoms with Gasteiger partial charge >= 0.3 is 5.97 Å². The first kappa shape index (κ1) is 20.1. The molecular weight excluding hydrogens is 385 g/mol. The number of amides is 1. The van der Waals surface area contributed by atoms with E-state index in [-0.39, 0.29) is 0 Å². The van der Waals surface area contributed by atoms with Crippen molar-refractivity contribution < 1.29 is 23.5 Å². The highest BCUT2D eigenvalue weighted by Crippen LogP contribution is 2.43. The Bertz CT molecular complexity index is 880. The van der Waals surface area contributed by atoms with Crippen LogP contribution in [-0.2, 0) is 19.7 Å². The van der Waals surface area contributed by atoms with E-state index in [9.17, 15) is 14.0 Å². The highest BCUT2D eigenvalue weighted by atomic mass is 35.5. The molecule has 1 saturated carbocycles. The number of esters is 1. The molecule has 1 amide bonds. The summed E-state index contributed by atoms with van der Waals surface area (Å²) in [5.41, 5.74) is -0.338. The zero-order chi connectivity index (χ0) is 20.1.